The van der Waals surface area contributed by atoms with Gasteiger partial charge in [0.2, 0.25) is 0 Å². The average Bonchev–Trinajstić information content (AvgIpc) is 2.69. The fourth-order valence-corrected chi connectivity index (χ4v) is 3.11. The predicted octanol–water partition coefficient (Wildman–Crippen LogP) is 2.36. The number of hydrogen-bond acceptors (Lipinski definition) is 3. The van der Waals surface area contributed by atoms with Crippen molar-refractivity contribution in [1.82, 2.24) is 0 Å². The van der Waals surface area contributed by atoms with E-state index in [-0.39, 0.29) is 18.0 Å². The first-order chi connectivity index (χ1) is 8.60. The van der Waals surface area contributed by atoms with Crippen molar-refractivity contribution in [3.63, 3.8) is 0 Å². The van der Waals surface area contributed by atoms with Crippen molar-refractivity contribution in [2.45, 2.75) is 43.5 Å². The SMILES string of the molecule is COc1ccc(C2(O)CC3CCC(C2)O3)cc1F. The van der Waals surface area contributed by atoms with Crippen molar-refractivity contribution in [3.8, 4) is 5.75 Å². The second-order valence-corrected chi connectivity index (χ2v) is 5.25. The highest BCUT2D eigenvalue weighted by Crippen LogP contribution is 2.44. The van der Waals surface area contributed by atoms with Crippen LogP contribution in [0.5, 0.6) is 5.75 Å². The van der Waals surface area contributed by atoms with Crippen LogP contribution in [0, 0.1) is 5.82 Å². The Hall–Kier alpha value is -1.13. The largest absolute Gasteiger partial charge is 0.494 e. The normalized spacial score (nSPS) is 34.6. The molecule has 1 aromatic carbocycles. The Morgan fingerprint density at radius 3 is 2.56 bits per heavy atom. The van der Waals surface area contributed by atoms with E-state index in [0.29, 0.717) is 18.4 Å². The second kappa shape index (κ2) is 4.21. The minimum atomic E-state index is -0.961. The summed E-state index contributed by atoms with van der Waals surface area (Å²) >= 11 is 0. The summed E-state index contributed by atoms with van der Waals surface area (Å²) in [6, 6.07) is 4.69. The molecule has 2 fully saturated rings. The Kier molecular flexibility index (Phi) is 2.79. The molecule has 3 rings (SSSR count). The van der Waals surface area contributed by atoms with Crippen LogP contribution in [-0.2, 0) is 10.3 Å². The van der Waals surface area contributed by atoms with Crippen molar-refractivity contribution >= 4 is 0 Å². The van der Waals surface area contributed by atoms with E-state index in [2.05, 4.69) is 0 Å². The van der Waals surface area contributed by atoms with Gasteiger partial charge >= 0.3 is 0 Å². The van der Waals surface area contributed by atoms with Crippen LogP contribution in [-0.4, -0.2) is 24.4 Å². The van der Waals surface area contributed by atoms with E-state index in [9.17, 15) is 9.50 Å². The smallest absolute Gasteiger partial charge is 0.165 e. The summed E-state index contributed by atoms with van der Waals surface area (Å²) < 4.78 is 24.3. The van der Waals surface area contributed by atoms with E-state index in [4.69, 9.17) is 9.47 Å². The van der Waals surface area contributed by atoms with E-state index in [1.807, 2.05) is 0 Å². The standard InChI is InChI=1S/C14H17FO3/c1-17-13-5-2-9(6-12(13)15)14(16)7-10-3-4-11(8-14)18-10/h2,5-6,10-11,16H,3-4,7-8H2,1H3. The van der Waals surface area contributed by atoms with Gasteiger partial charge in [-0.05, 0) is 30.5 Å². The fraction of sp³-hybridized carbons (Fsp3) is 0.571. The number of benzene rings is 1. The summed E-state index contributed by atoms with van der Waals surface area (Å²) in [6.07, 6.45) is 3.31. The molecule has 2 aliphatic heterocycles. The quantitative estimate of drug-likeness (QED) is 0.878. The zero-order valence-corrected chi connectivity index (χ0v) is 10.4. The molecule has 0 radical (unpaired) electrons. The Bertz CT molecular complexity index is 448. The molecule has 0 amide bonds. The maximum absolute atomic E-state index is 13.7. The Balaban J connectivity index is 1.91. The van der Waals surface area contributed by atoms with E-state index in [1.165, 1.54) is 13.2 Å². The summed E-state index contributed by atoms with van der Waals surface area (Å²) in [4.78, 5) is 0. The van der Waals surface area contributed by atoms with Gasteiger partial charge < -0.3 is 14.6 Å². The molecule has 3 nitrogen and oxygen atoms in total. The number of fused-ring (bicyclic) bond motifs is 2. The number of rotatable bonds is 2. The first-order valence-electron chi connectivity index (χ1n) is 6.32. The van der Waals surface area contributed by atoms with Crippen LogP contribution in [0.3, 0.4) is 0 Å². The third-order valence-corrected chi connectivity index (χ3v) is 4.02. The fourth-order valence-electron chi connectivity index (χ4n) is 3.11. The summed E-state index contributed by atoms with van der Waals surface area (Å²) in [5.74, 6) is -0.223. The van der Waals surface area contributed by atoms with E-state index in [1.54, 1.807) is 12.1 Å². The molecule has 18 heavy (non-hydrogen) atoms. The van der Waals surface area contributed by atoms with Gasteiger partial charge in [0, 0.05) is 12.8 Å². The molecule has 2 saturated heterocycles. The summed E-state index contributed by atoms with van der Waals surface area (Å²) in [5.41, 5.74) is -0.335. The highest BCUT2D eigenvalue weighted by molar-refractivity contribution is 5.33. The molecule has 1 N–H and O–H groups in total. The maximum atomic E-state index is 13.7. The Morgan fingerprint density at radius 1 is 1.33 bits per heavy atom. The zero-order chi connectivity index (χ0) is 12.8. The van der Waals surface area contributed by atoms with Crippen LogP contribution in [0.1, 0.15) is 31.2 Å². The third-order valence-electron chi connectivity index (χ3n) is 4.02. The van der Waals surface area contributed by atoms with Crippen molar-refractivity contribution in [2.75, 3.05) is 7.11 Å². The molecule has 2 aliphatic rings. The molecular weight excluding hydrogens is 235 g/mol. The van der Waals surface area contributed by atoms with Crippen molar-refractivity contribution in [3.05, 3.63) is 29.6 Å². The van der Waals surface area contributed by atoms with Gasteiger partial charge in [-0.3, -0.25) is 0 Å². The minimum Gasteiger partial charge on any atom is -0.494 e. The number of methoxy groups -OCH3 is 1. The molecule has 2 bridgehead atoms. The van der Waals surface area contributed by atoms with Crippen molar-refractivity contribution in [1.29, 1.82) is 0 Å². The molecule has 98 valence electrons. The topological polar surface area (TPSA) is 38.7 Å². The lowest BCUT2D eigenvalue weighted by atomic mass is 9.83. The molecule has 2 heterocycles. The summed E-state index contributed by atoms with van der Waals surface area (Å²) in [7, 11) is 1.43. The molecule has 2 unspecified atom stereocenters. The lowest BCUT2D eigenvalue weighted by Gasteiger charge is -2.36. The predicted molar refractivity (Wildman–Crippen MR) is 64.0 cm³/mol. The molecule has 0 aliphatic carbocycles. The first-order valence-corrected chi connectivity index (χ1v) is 6.32. The van der Waals surface area contributed by atoms with Crippen LogP contribution in [0.2, 0.25) is 0 Å². The third kappa shape index (κ3) is 1.89. The summed E-state index contributed by atoms with van der Waals surface area (Å²) in [6.45, 7) is 0. The molecule has 4 heteroatoms. The highest BCUT2D eigenvalue weighted by atomic mass is 19.1. The first kappa shape index (κ1) is 11.9. The lowest BCUT2D eigenvalue weighted by molar-refractivity contribution is -0.115. The van der Waals surface area contributed by atoms with Gasteiger partial charge in [-0.15, -0.1) is 0 Å². The maximum Gasteiger partial charge on any atom is 0.165 e. The van der Waals surface area contributed by atoms with E-state index >= 15 is 0 Å². The van der Waals surface area contributed by atoms with Crippen LogP contribution in [0.4, 0.5) is 4.39 Å². The van der Waals surface area contributed by atoms with Crippen LogP contribution in [0.15, 0.2) is 18.2 Å². The van der Waals surface area contributed by atoms with Crippen LogP contribution < -0.4 is 4.74 Å². The van der Waals surface area contributed by atoms with E-state index < -0.39 is 11.4 Å². The number of halogens is 1. The van der Waals surface area contributed by atoms with Gasteiger partial charge in [-0.2, -0.15) is 0 Å². The van der Waals surface area contributed by atoms with Crippen LogP contribution in [0.25, 0.3) is 0 Å². The zero-order valence-electron chi connectivity index (χ0n) is 10.4. The van der Waals surface area contributed by atoms with Crippen LogP contribution >= 0.6 is 0 Å². The van der Waals surface area contributed by atoms with Crippen molar-refractivity contribution in [2.24, 2.45) is 0 Å². The van der Waals surface area contributed by atoms with Gasteiger partial charge in [-0.25, -0.2) is 4.39 Å². The second-order valence-electron chi connectivity index (χ2n) is 5.25. The van der Waals surface area contributed by atoms with Gasteiger partial charge in [0.15, 0.2) is 11.6 Å². The molecule has 0 aromatic heterocycles. The molecule has 1 aromatic rings. The van der Waals surface area contributed by atoms with E-state index in [0.717, 1.165) is 12.8 Å². The summed E-state index contributed by atoms with van der Waals surface area (Å²) in [5, 5.41) is 10.7. The minimum absolute atomic E-state index is 0.110. The van der Waals surface area contributed by atoms with Gasteiger partial charge in [-0.1, -0.05) is 6.07 Å². The average molecular weight is 252 g/mol. The monoisotopic (exact) mass is 252 g/mol. The molecule has 2 atom stereocenters. The molecule has 0 spiro atoms. The van der Waals surface area contributed by atoms with Crippen molar-refractivity contribution < 1.29 is 19.0 Å². The molecular formula is C14H17FO3. The van der Waals surface area contributed by atoms with Gasteiger partial charge in [0.05, 0.1) is 24.9 Å². The van der Waals surface area contributed by atoms with Gasteiger partial charge in [0.25, 0.3) is 0 Å². The Labute approximate surface area is 106 Å². The molecule has 0 saturated carbocycles. The highest BCUT2D eigenvalue weighted by Gasteiger charge is 2.44. The number of aliphatic hydroxyl groups is 1. The Morgan fingerprint density at radius 2 is 2.00 bits per heavy atom. The number of hydrogen-bond donors (Lipinski definition) is 1. The van der Waals surface area contributed by atoms with Gasteiger partial charge in [0.1, 0.15) is 0 Å². The lowest BCUT2D eigenvalue weighted by Crippen LogP contribution is -2.38. The number of ether oxygens (including phenoxy) is 2.